The Morgan fingerprint density at radius 2 is 1.74 bits per heavy atom. The van der Waals surface area contributed by atoms with E-state index in [9.17, 15) is 4.79 Å². The van der Waals surface area contributed by atoms with Crippen molar-refractivity contribution in [3.63, 3.8) is 0 Å². The predicted octanol–water partition coefficient (Wildman–Crippen LogP) is 2.51. The molecular formula is C18H18N4O. The molecule has 23 heavy (non-hydrogen) atoms. The highest BCUT2D eigenvalue weighted by Crippen LogP contribution is 2.13. The SMILES string of the molecule is NC(=O)Cc1ccc(NCc2ccc(-n3ccnc3)cc2)cc1. The van der Waals surface area contributed by atoms with Crippen molar-refractivity contribution in [2.24, 2.45) is 5.73 Å². The summed E-state index contributed by atoms with van der Waals surface area (Å²) in [5.74, 6) is -0.316. The van der Waals surface area contributed by atoms with Gasteiger partial charge in [-0.15, -0.1) is 0 Å². The molecule has 5 nitrogen and oxygen atoms in total. The summed E-state index contributed by atoms with van der Waals surface area (Å²) in [6.07, 6.45) is 5.73. The maximum Gasteiger partial charge on any atom is 0.221 e. The molecule has 0 fully saturated rings. The summed E-state index contributed by atoms with van der Waals surface area (Å²) in [5.41, 5.74) is 9.39. The van der Waals surface area contributed by atoms with Crippen LogP contribution in [0.1, 0.15) is 11.1 Å². The van der Waals surface area contributed by atoms with Crippen LogP contribution in [0, 0.1) is 0 Å². The fourth-order valence-corrected chi connectivity index (χ4v) is 2.34. The normalized spacial score (nSPS) is 10.4. The van der Waals surface area contributed by atoms with Gasteiger partial charge in [0.1, 0.15) is 0 Å². The Balaban J connectivity index is 1.58. The summed E-state index contributed by atoms with van der Waals surface area (Å²) in [7, 11) is 0. The smallest absolute Gasteiger partial charge is 0.221 e. The van der Waals surface area contributed by atoms with E-state index in [1.54, 1.807) is 12.5 Å². The van der Waals surface area contributed by atoms with Crippen LogP contribution in [0.2, 0.25) is 0 Å². The van der Waals surface area contributed by atoms with E-state index in [0.717, 1.165) is 23.5 Å². The Morgan fingerprint density at radius 3 is 2.35 bits per heavy atom. The molecule has 0 saturated carbocycles. The molecular weight excluding hydrogens is 288 g/mol. The maximum absolute atomic E-state index is 10.9. The van der Waals surface area contributed by atoms with E-state index in [1.807, 2.05) is 35.0 Å². The van der Waals surface area contributed by atoms with Crippen LogP contribution in [0.5, 0.6) is 0 Å². The first-order valence-corrected chi connectivity index (χ1v) is 7.39. The number of nitrogens with zero attached hydrogens (tertiary/aromatic N) is 2. The first-order valence-electron chi connectivity index (χ1n) is 7.39. The van der Waals surface area contributed by atoms with Gasteiger partial charge in [0.2, 0.25) is 5.91 Å². The quantitative estimate of drug-likeness (QED) is 0.735. The van der Waals surface area contributed by atoms with Gasteiger partial charge in [0, 0.05) is 30.3 Å². The number of rotatable bonds is 6. The molecule has 3 aromatic rings. The Morgan fingerprint density at radius 1 is 1.04 bits per heavy atom. The van der Waals surface area contributed by atoms with Crippen molar-refractivity contribution in [1.29, 1.82) is 0 Å². The van der Waals surface area contributed by atoms with Crippen molar-refractivity contribution in [1.82, 2.24) is 9.55 Å². The molecule has 0 aliphatic carbocycles. The van der Waals surface area contributed by atoms with Gasteiger partial charge < -0.3 is 15.6 Å². The van der Waals surface area contributed by atoms with Gasteiger partial charge in [0.25, 0.3) is 0 Å². The Bertz CT molecular complexity index is 762. The Kier molecular flexibility index (Phi) is 4.38. The minimum atomic E-state index is -0.316. The lowest BCUT2D eigenvalue weighted by Gasteiger charge is -2.08. The molecule has 0 atom stereocenters. The maximum atomic E-state index is 10.9. The molecule has 116 valence electrons. The number of hydrogen-bond donors (Lipinski definition) is 2. The minimum Gasteiger partial charge on any atom is -0.381 e. The van der Waals surface area contributed by atoms with Gasteiger partial charge in [-0.05, 0) is 35.4 Å². The largest absolute Gasteiger partial charge is 0.381 e. The molecule has 1 amide bonds. The Hall–Kier alpha value is -3.08. The molecule has 0 aliphatic heterocycles. The van der Waals surface area contributed by atoms with Crippen molar-refractivity contribution in [3.05, 3.63) is 78.4 Å². The van der Waals surface area contributed by atoms with E-state index in [0.29, 0.717) is 0 Å². The van der Waals surface area contributed by atoms with Crippen molar-refractivity contribution in [2.75, 3.05) is 5.32 Å². The highest BCUT2D eigenvalue weighted by atomic mass is 16.1. The molecule has 0 spiro atoms. The molecule has 0 radical (unpaired) electrons. The fourth-order valence-electron chi connectivity index (χ4n) is 2.34. The van der Waals surface area contributed by atoms with E-state index >= 15 is 0 Å². The van der Waals surface area contributed by atoms with Crippen LogP contribution in [0.25, 0.3) is 5.69 Å². The lowest BCUT2D eigenvalue weighted by atomic mass is 10.1. The summed E-state index contributed by atoms with van der Waals surface area (Å²) in [6, 6.07) is 16.0. The number of amides is 1. The third-order valence-electron chi connectivity index (χ3n) is 3.57. The third-order valence-corrected chi connectivity index (χ3v) is 3.57. The van der Waals surface area contributed by atoms with E-state index in [1.165, 1.54) is 5.56 Å². The first kappa shape index (κ1) is 14.8. The number of hydrogen-bond acceptors (Lipinski definition) is 3. The summed E-state index contributed by atoms with van der Waals surface area (Å²) in [6.45, 7) is 0.735. The topological polar surface area (TPSA) is 72.9 Å². The lowest BCUT2D eigenvalue weighted by molar-refractivity contribution is -0.117. The van der Waals surface area contributed by atoms with Crippen molar-refractivity contribution in [2.45, 2.75) is 13.0 Å². The van der Waals surface area contributed by atoms with Crippen LogP contribution in [0.3, 0.4) is 0 Å². The van der Waals surface area contributed by atoms with Gasteiger partial charge in [-0.1, -0.05) is 24.3 Å². The average molecular weight is 306 g/mol. The number of imidazole rings is 1. The van der Waals surface area contributed by atoms with Crippen LogP contribution in [-0.4, -0.2) is 15.5 Å². The highest BCUT2D eigenvalue weighted by molar-refractivity contribution is 5.76. The summed E-state index contributed by atoms with van der Waals surface area (Å²) >= 11 is 0. The second-order valence-corrected chi connectivity index (χ2v) is 5.33. The summed E-state index contributed by atoms with van der Waals surface area (Å²) < 4.78 is 1.97. The van der Waals surface area contributed by atoms with Crippen LogP contribution in [-0.2, 0) is 17.8 Å². The zero-order valence-corrected chi connectivity index (χ0v) is 12.6. The van der Waals surface area contributed by atoms with Crippen LogP contribution < -0.4 is 11.1 Å². The monoisotopic (exact) mass is 306 g/mol. The third kappa shape index (κ3) is 3.97. The number of carbonyl (C=O) groups is 1. The van der Waals surface area contributed by atoms with Crippen LogP contribution in [0.4, 0.5) is 5.69 Å². The number of aromatic nitrogens is 2. The molecule has 2 aromatic carbocycles. The molecule has 0 aliphatic rings. The molecule has 0 bridgehead atoms. The number of anilines is 1. The summed E-state index contributed by atoms with van der Waals surface area (Å²) in [5, 5.41) is 3.36. The zero-order chi connectivity index (χ0) is 16.1. The second-order valence-electron chi connectivity index (χ2n) is 5.33. The van der Waals surface area contributed by atoms with Gasteiger partial charge >= 0.3 is 0 Å². The van der Waals surface area contributed by atoms with Crippen LogP contribution >= 0.6 is 0 Å². The summed E-state index contributed by atoms with van der Waals surface area (Å²) in [4.78, 5) is 14.9. The van der Waals surface area contributed by atoms with E-state index in [-0.39, 0.29) is 12.3 Å². The minimum absolute atomic E-state index is 0.274. The number of benzene rings is 2. The van der Waals surface area contributed by atoms with E-state index in [4.69, 9.17) is 5.73 Å². The van der Waals surface area contributed by atoms with Gasteiger partial charge in [0.05, 0.1) is 12.7 Å². The molecule has 5 heteroatoms. The van der Waals surface area contributed by atoms with E-state index in [2.05, 4.69) is 34.6 Å². The van der Waals surface area contributed by atoms with Crippen LogP contribution in [0.15, 0.2) is 67.3 Å². The number of primary amides is 1. The molecule has 0 unspecified atom stereocenters. The van der Waals surface area contributed by atoms with E-state index < -0.39 is 0 Å². The molecule has 3 rings (SSSR count). The fraction of sp³-hybridized carbons (Fsp3) is 0.111. The molecule has 1 heterocycles. The van der Waals surface area contributed by atoms with Crippen molar-refractivity contribution < 1.29 is 4.79 Å². The average Bonchev–Trinajstić information content (AvgIpc) is 3.09. The van der Waals surface area contributed by atoms with Crippen molar-refractivity contribution >= 4 is 11.6 Å². The standard InChI is InChI=1S/C18H18N4O/c19-18(23)11-14-1-5-16(6-2-14)21-12-15-3-7-17(8-4-15)22-10-9-20-13-22/h1-10,13,21H,11-12H2,(H2,19,23). The van der Waals surface area contributed by atoms with Gasteiger partial charge in [-0.3, -0.25) is 4.79 Å². The molecule has 3 N–H and O–H groups in total. The number of nitrogens with one attached hydrogen (secondary N) is 1. The van der Waals surface area contributed by atoms with Crippen molar-refractivity contribution in [3.8, 4) is 5.69 Å². The number of carbonyl (C=O) groups excluding carboxylic acids is 1. The first-order chi connectivity index (χ1) is 11.2. The van der Waals surface area contributed by atoms with Gasteiger partial charge in [0.15, 0.2) is 0 Å². The van der Waals surface area contributed by atoms with Gasteiger partial charge in [-0.25, -0.2) is 4.98 Å². The predicted molar refractivity (Wildman–Crippen MR) is 90.2 cm³/mol. The lowest BCUT2D eigenvalue weighted by Crippen LogP contribution is -2.13. The molecule has 1 aromatic heterocycles. The molecule has 0 saturated heterocycles. The highest BCUT2D eigenvalue weighted by Gasteiger charge is 2.00. The Labute approximate surface area is 134 Å². The zero-order valence-electron chi connectivity index (χ0n) is 12.6. The number of nitrogens with two attached hydrogens (primary N) is 1. The van der Waals surface area contributed by atoms with Gasteiger partial charge in [-0.2, -0.15) is 0 Å². The second kappa shape index (κ2) is 6.79.